The van der Waals surface area contributed by atoms with Gasteiger partial charge in [0.1, 0.15) is 11.6 Å². The number of oxazole rings is 1. The second-order valence-corrected chi connectivity index (χ2v) is 9.19. The fourth-order valence-electron chi connectivity index (χ4n) is 3.97. The fraction of sp³-hybridized carbons (Fsp3) is 0.280. The molecule has 1 fully saturated rings. The van der Waals surface area contributed by atoms with Crippen LogP contribution in [0.5, 0.6) is 5.75 Å². The van der Waals surface area contributed by atoms with E-state index in [1.54, 1.807) is 18.3 Å². The van der Waals surface area contributed by atoms with Gasteiger partial charge in [0.05, 0.1) is 18.9 Å². The highest BCUT2D eigenvalue weighted by Crippen LogP contribution is 2.37. The molecule has 0 aliphatic carbocycles. The quantitative estimate of drug-likeness (QED) is 0.171. The van der Waals surface area contributed by atoms with Gasteiger partial charge < -0.3 is 34.3 Å². The van der Waals surface area contributed by atoms with E-state index in [1.807, 2.05) is 4.90 Å². The van der Waals surface area contributed by atoms with Crippen LogP contribution in [0.2, 0.25) is 0 Å². The molecule has 45 heavy (non-hydrogen) atoms. The van der Waals surface area contributed by atoms with Crippen LogP contribution in [0.3, 0.4) is 0 Å². The molecule has 4 heterocycles. The molecule has 0 amide bonds. The normalized spacial score (nSPS) is 13.9. The van der Waals surface area contributed by atoms with Crippen molar-refractivity contribution in [3.05, 3.63) is 52.8 Å². The van der Waals surface area contributed by atoms with Gasteiger partial charge in [0.15, 0.2) is 16.8 Å². The number of nitrogens with zero attached hydrogens (tertiary/aromatic N) is 5. The van der Waals surface area contributed by atoms with Gasteiger partial charge in [-0.25, -0.2) is 24.4 Å². The van der Waals surface area contributed by atoms with Gasteiger partial charge >= 0.3 is 30.0 Å². The van der Waals surface area contributed by atoms with Gasteiger partial charge in [0, 0.05) is 42.8 Å². The summed E-state index contributed by atoms with van der Waals surface area (Å²) in [6, 6.07) is 5.29. The molecule has 0 atom stereocenters. The van der Waals surface area contributed by atoms with Gasteiger partial charge in [0.25, 0.3) is 0 Å². The van der Waals surface area contributed by atoms with E-state index in [2.05, 4.69) is 35.2 Å². The SMILES string of the molecule is Cc1cnc(Nc2ccnc(N3CCOCC3)c2)nc1Nc1ccc2oc(=O)n(OC(=O)C(F)(F)F)c2c1OC(=O)C(F)(F)F. The standard InChI is InChI=1S/C25H19F6N7O7/c1-12-11-33-22(34-13-4-5-32-16(10-13)37-6-8-42-9-7-37)36-19(12)35-14-2-3-15-17(18(14)44-20(39)24(26,27)28)38(23(41)43-15)45-21(40)25(29,30)31/h2-5,10-11H,6-9H2,1H3,(H2,32,33,34,35,36). The Kier molecular flexibility index (Phi) is 8.24. The molecule has 2 N–H and O–H groups in total. The number of rotatable bonds is 7. The molecule has 0 bridgehead atoms. The predicted octanol–water partition coefficient (Wildman–Crippen LogP) is 3.40. The van der Waals surface area contributed by atoms with Crippen molar-refractivity contribution in [1.29, 1.82) is 0 Å². The molecule has 1 aliphatic heterocycles. The highest BCUT2D eigenvalue weighted by atomic mass is 19.4. The fourth-order valence-corrected chi connectivity index (χ4v) is 3.97. The molecular weight excluding hydrogens is 624 g/mol. The molecule has 14 nitrogen and oxygen atoms in total. The van der Waals surface area contributed by atoms with E-state index in [0.29, 0.717) is 43.4 Å². The number of fused-ring (bicyclic) bond motifs is 1. The van der Waals surface area contributed by atoms with Crippen molar-refractivity contribution in [2.75, 3.05) is 41.8 Å². The number of morpholine rings is 1. The minimum absolute atomic E-state index is 0.00327. The number of hydrogen-bond donors (Lipinski definition) is 2. The zero-order valence-electron chi connectivity index (χ0n) is 22.7. The molecule has 0 saturated carbocycles. The maximum atomic E-state index is 13.2. The van der Waals surface area contributed by atoms with Crippen LogP contribution in [-0.4, -0.2) is 70.3 Å². The summed E-state index contributed by atoms with van der Waals surface area (Å²) in [5.41, 5.74) is -1.38. The van der Waals surface area contributed by atoms with Crippen LogP contribution in [0.15, 0.2) is 45.9 Å². The van der Waals surface area contributed by atoms with Crippen molar-refractivity contribution in [2.45, 2.75) is 19.3 Å². The van der Waals surface area contributed by atoms with E-state index in [1.165, 1.54) is 13.1 Å². The summed E-state index contributed by atoms with van der Waals surface area (Å²) in [5.74, 6) is -8.03. The number of aromatic nitrogens is 4. The van der Waals surface area contributed by atoms with Crippen molar-refractivity contribution in [1.82, 2.24) is 19.7 Å². The number of pyridine rings is 1. The lowest BCUT2D eigenvalue weighted by atomic mass is 10.2. The first-order chi connectivity index (χ1) is 21.2. The monoisotopic (exact) mass is 643 g/mol. The van der Waals surface area contributed by atoms with Crippen molar-refractivity contribution in [3.8, 4) is 5.75 Å². The summed E-state index contributed by atoms with van der Waals surface area (Å²) in [4.78, 5) is 54.3. The van der Waals surface area contributed by atoms with Crippen molar-refractivity contribution in [2.24, 2.45) is 0 Å². The number of aryl methyl sites for hydroxylation is 1. The van der Waals surface area contributed by atoms with E-state index in [0.717, 1.165) is 12.1 Å². The Morgan fingerprint density at radius 1 is 0.978 bits per heavy atom. The van der Waals surface area contributed by atoms with E-state index in [-0.39, 0.29) is 16.5 Å². The molecule has 238 valence electrons. The van der Waals surface area contributed by atoms with Gasteiger partial charge in [-0.15, -0.1) is 0 Å². The molecule has 1 saturated heterocycles. The maximum Gasteiger partial charge on any atom is 0.493 e. The van der Waals surface area contributed by atoms with Crippen molar-refractivity contribution < 1.29 is 54.7 Å². The first-order valence-electron chi connectivity index (χ1n) is 12.6. The Morgan fingerprint density at radius 2 is 1.69 bits per heavy atom. The van der Waals surface area contributed by atoms with Crippen LogP contribution < -0.4 is 30.9 Å². The van der Waals surface area contributed by atoms with Gasteiger partial charge in [-0.2, -0.15) is 31.3 Å². The summed E-state index contributed by atoms with van der Waals surface area (Å²) in [5, 5.41) is 5.57. The highest BCUT2D eigenvalue weighted by Gasteiger charge is 2.44. The zero-order chi connectivity index (χ0) is 32.5. The second kappa shape index (κ2) is 11.9. The average molecular weight is 643 g/mol. The Labute approximate surface area is 246 Å². The Hall–Kier alpha value is -5.40. The first kappa shape index (κ1) is 31.0. The number of hydrogen-bond acceptors (Lipinski definition) is 13. The van der Waals surface area contributed by atoms with Crippen LogP contribution in [0.1, 0.15) is 5.56 Å². The maximum absolute atomic E-state index is 13.2. The second-order valence-electron chi connectivity index (χ2n) is 9.19. The lowest BCUT2D eigenvalue weighted by Crippen LogP contribution is -2.37. The topological polar surface area (TPSA) is 163 Å². The molecule has 0 radical (unpaired) electrons. The molecule has 4 aromatic rings. The van der Waals surface area contributed by atoms with E-state index in [9.17, 15) is 40.7 Å². The predicted molar refractivity (Wildman–Crippen MR) is 140 cm³/mol. The average Bonchev–Trinajstić information content (AvgIpc) is 3.30. The highest BCUT2D eigenvalue weighted by molar-refractivity contribution is 5.93. The van der Waals surface area contributed by atoms with Crippen LogP contribution in [-0.2, 0) is 14.3 Å². The van der Waals surface area contributed by atoms with E-state index < -0.39 is 52.6 Å². The summed E-state index contributed by atoms with van der Waals surface area (Å²) in [7, 11) is 0. The summed E-state index contributed by atoms with van der Waals surface area (Å²) in [6.07, 6.45) is -8.31. The number of anilines is 5. The molecule has 0 unspecified atom stereocenters. The minimum atomic E-state index is -5.61. The molecular formula is C25H19F6N7O7. The summed E-state index contributed by atoms with van der Waals surface area (Å²) in [6.45, 7) is 3.81. The Balaban J connectivity index is 1.52. The number of esters is 1. The lowest BCUT2D eigenvalue weighted by Gasteiger charge is -2.28. The lowest BCUT2D eigenvalue weighted by molar-refractivity contribution is -0.200. The molecule has 20 heteroatoms. The van der Waals surface area contributed by atoms with Crippen LogP contribution in [0.4, 0.5) is 55.3 Å². The third-order valence-electron chi connectivity index (χ3n) is 6.05. The van der Waals surface area contributed by atoms with Gasteiger partial charge in [-0.1, -0.05) is 4.73 Å². The number of carbonyl (C=O) groups excluding carboxylic acids is 2. The number of nitrogens with one attached hydrogen (secondary N) is 2. The molecule has 5 rings (SSSR count). The van der Waals surface area contributed by atoms with Crippen LogP contribution in [0.25, 0.3) is 11.1 Å². The van der Waals surface area contributed by atoms with E-state index in [4.69, 9.17) is 9.15 Å². The summed E-state index contributed by atoms with van der Waals surface area (Å²) >= 11 is 0. The third kappa shape index (κ3) is 6.89. The Bertz CT molecular complexity index is 1820. The van der Waals surface area contributed by atoms with Crippen molar-refractivity contribution in [3.63, 3.8) is 0 Å². The number of benzene rings is 1. The van der Waals surface area contributed by atoms with Gasteiger partial charge in [-0.05, 0) is 25.1 Å². The number of carbonyl (C=O) groups is 2. The van der Waals surface area contributed by atoms with Crippen LogP contribution >= 0.6 is 0 Å². The van der Waals surface area contributed by atoms with Crippen LogP contribution in [0, 0.1) is 6.92 Å². The molecule has 1 aromatic carbocycles. The van der Waals surface area contributed by atoms with E-state index >= 15 is 0 Å². The number of ether oxygens (including phenoxy) is 2. The van der Waals surface area contributed by atoms with Gasteiger partial charge in [0.2, 0.25) is 5.95 Å². The third-order valence-corrected chi connectivity index (χ3v) is 6.05. The molecule has 3 aromatic heterocycles. The zero-order valence-corrected chi connectivity index (χ0v) is 22.7. The van der Waals surface area contributed by atoms with Crippen molar-refractivity contribution >= 4 is 52.0 Å². The summed E-state index contributed by atoms with van der Waals surface area (Å²) < 4.78 is 92.2. The number of alkyl halides is 6. The minimum Gasteiger partial charge on any atom is -0.415 e. The number of halogens is 6. The van der Waals surface area contributed by atoms with Gasteiger partial charge in [-0.3, -0.25) is 0 Å². The molecule has 1 aliphatic rings. The first-order valence-corrected chi connectivity index (χ1v) is 12.6. The molecule has 0 spiro atoms. The smallest absolute Gasteiger partial charge is 0.415 e. The largest absolute Gasteiger partial charge is 0.493 e. The Morgan fingerprint density at radius 3 is 2.38 bits per heavy atom.